The molecular weight excluding hydrogens is 376 g/mol. The van der Waals surface area contributed by atoms with E-state index in [2.05, 4.69) is 15.1 Å². The van der Waals surface area contributed by atoms with Crippen molar-refractivity contribution in [2.24, 2.45) is 0 Å². The highest BCUT2D eigenvalue weighted by molar-refractivity contribution is 6.30. The van der Waals surface area contributed by atoms with E-state index in [9.17, 15) is 26.3 Å². The van der Waals surface area contributed by atoms with Crippen LogP contribution in [0.25, 0.3) is 16.7 Å². The molecule has 25 heavy (non-hydrogen) atoms. The molecule has 0 aliphatic rings. The molecule has 1 aromatic carbocycles. The number of fused-ring (bicyclic) bond motifs is 1. The van der Waals surface area contributed by atoms with Crippen LogP contribution in [0.2, 0.25) is 5.02 Å². The number of hydrogen-bond acceptors (Lipinski definition) is 4. The molecule has 2 heterocycles. The number of nitrogens with two attached hydrogens (primary N) is 1. The Bertz CT molecular complexity index is 945. The van der Waals surface area contributed by atoms with Gasteiger partial charge in [0.1, 0.15) is 5.82 Å². The standard InChI is InChI=1S/C13H6ClF6N5/c14-5-1-3-6(4-2-5)25-9(21)7-8(12(15,16)17)22-11(13(18,19)20)23-10(7)24-25/h1-4H,21H2. The number of halogens is 7. The molecule has 0 aliphatic heterocycles. The Kier molecular flexibility index (Phi) is 3.78. The van der Waals surface area contributed by atoms with Crippen LogP contribution >= 0.6 is 11.6 Å². The van der Waals surface area contributed by atoms with Crippen molar-refractivity contribution in [2.75, 3.05) is 5.73 Å². The minimum absolute atomic E-state index is 0.196. The Labute approximate surface area is 140 Å². The predicted octanol–water partition coefficient (Wildman–Crippen LogP) is 4.09. The summed E-state index contributed by atoms with van der Waals surface area (Å²) in [5, 5.41) is 3.19. The van der Waals surface area contributed by atoms with Gasteiger partial charge in [0.05, 0.1) is 11.1 Å². The number of anilines is 1. The molecule has 0 saturated carbocycles. The third-order valence-electron chi connectivity index (χ3n) is 3.16. The van der Waals surface area contributed by atoms with E-state index in [0.29, 0.717) is 5.02 Å². The van der Waals surface area contributed by atoms with E-state index in [1.807, 2.05) is 0 Å². The van der Waals surface area contributed by atoms with E-state index in [1.54, 1.807) is 0 Å². The first kappa shape index (κ1) is 17.3. The summed E-state index contributed by atoms with van der Waals surface area (Å²) in [4.78, 5) is 5.68. The van der Waals surface area contributed by atoms with Crippen molar-refractivity contribution in [1.29, 1.82) is 0 Å². The maximum atomic E-state index is 13.2. The van der Waals surface area contributed by atoms with E-state index >= 15 is 0 Å². The fourth-order valence-corrected chi connectivity index (χ4v) is 2.25. The van der Waals surface area contributed by atoms with Gasteiger partial charge in [0.2, 0.25) is 5.82 Å². The normalized spacial score (nSPS) is 12.8. The molecule has 2 N–H and O–H groups in total. The molecule has 0 fully saturated rings. The number of rotatable bonds is 1. The first-order valence-corrected chi connectivity index (χ1v) is 6.83. The molecule has 0 unspecified atom stereocenters. The van der Waals surface area contributed by atoms with Gasteiger partial charge in [0, 0.05) is 5.02 Å². The van der Waals surface area contributed by atoms with Crippen molar-refractivity contribution < 1.29 is 26.3 Å². The van der Waals surface area contributed by atoms with E-state index in [1.165, 1.54) is 24.3 Å². The zero-order chi connectivity index (χ0) is 18.6. The Morgan fingerprint density at radius 3 is 2.04 bits per heavy atom. The molecular formula is C13H6ClF6N5. The first-order chi connectivity index (χ1) is 11.5. The highest BCUT2D eigenvalue weighted by Crippen LogP contribution is 2.38. The zero-order valence-electron chi connectivity index (χ0n) is 11.8. The first-order valence-electron chi connectivity index (χ1n) is 6.45. The molecule has 5 nitrogen and oxygen atoms in total. The maximum absolute atomic E-state index is 13.2. The lowest BCUT2D eigenvalue weighted by Crippen LogP contribution is -2.17. The van der Waals surface area contributed by atoms with E-state index in [4.69, 9.17) is 17.3 Å². The Morgan fingerprint density at radius 2 is 1.52 bits per heavy atom. The lowest BCUT2D eigenvalue weighted by atomic mass is 10.2. The molecule has 3 rings (SSSR count). The zero-order valence-corrected chi connectivity index (χ0v) is 12.6. The van der Waals surface area contributed by atoms with Gasteiger partial charge in [-0.05, 0) is 24.3 Å². The van der Waals surface area contributed by atoms with Gasteiger partial charge < -0.3 is 5.73 Å². The lowest BCUT2D eigenvalue weighted by Gasteiger charge is -2.10. The summed E-state index contributed by atoms with van der Waals surface area (Å²) in [7, 11) is 0. The largest absolute Gasteiger partial charge is 0.451 e. The van der Waals surface area contributed by atoms with E-state index < -0.39 is 40.7 Å². The monoisotopic (exact) mass is 381 g/mol. The van der Waals surface area contributed by atoms with Gasteiger partial charge in [0.15, 0.2) is 11.3 Å². The van der Waals surface area contributed by atoms with Gasteiger partial charge in [-0.25, -0.2) is 14.6 Å². The van der Waals surface area contributed by atoms with Crippen LogP contribution in [0.3, 0.4) is 0 Å². The minimum Gasteiger partial charge on any atom is -0.383 e. The SMILES string of the molecule is Nc1c2c(C(F)(F)F)nc(C(F)(F)F)nc2nn1-c1ccc(Cl)cc1. The van der Waals surface area contributed by atoms with Gasteiger partial charge in [0.25, 0.3) is 0 Å². The molecule has 0 amide bonds. The number of benzene rings is 1. The van der Waals surface area contributed by atoms with Crippen LogP contribution in [0.5, 0.6) is 0 Å². The summed E-state index contributed by atoms with van der Waals surface area (Å²) in [5.74, 6) is -2.49. The fourth-order valence-electron chi connectivity index (χ4n) is 2.12. The summed E-state index contributed by atoms with van der Waals surface area (Å²) in [5.41, 5.74) is 3.25. The number of aromatic nitrogens is 4. The molecule has 0 radical (unpaired) electrons. The van der Waals surface area contributed by atoms with Crippen LogP contribution in [-0.2, 0) is 12.4 Å². The van der Waals surface area contributed by atoms with Crippen LogP contribution in [0, 0.1) is 0 Å². The predicted molar refractivity (Wildman–Crippen MR) is 76.1 cm³/mol. The smallest absolute Gasteiger partial charge is 0.383 e. The number of alkyl halides is 6. The second-order valence-corrected chi connectivity index (χ2v) is 5.30. The quantitative estimate of drug-likeness (QED) is 0.645. The second-order valence-electron chi connectivity index (χ2n) is 4.86. The van der Waals surface area contributed by atoms with Crippen molar-refractivity contribution in [2.45, 2.75) is 12.4 Å². The highest BCUT2D eigenvalue weighted by atomic mass is 35.5. The van der Waals surface area contributed by atoms with Crippen molar-refractivity contribution in [3.63, 3.8) is 0 Å². The number of nitrogens with zero attached hydrogens (tertiary/aromatic N) is 4. The van der Waals surface area contributed by atoms with Gasteiger partial charge in [-0.3, -0.25) is 0 Å². The maximum Gasteiger partial charge on any atom is 0.451 e. The van der Waals surface area contributed by atoms with Crippen LogP contribution in [-0.4, -0.2) is 19.7 Å². The van der Waals surface area contributed by atoms with E-state index in [-0.39, 0.29) is 5.69 Å². The molecule has 132 valence electrons. The molecule has 12 heteroatoms. The average Bonchev–Trinajstić information content (AvgIpc) is 2.82. The molecule has 0 saturated heterocycles. The third kappa shape index (κ3) is 3.06. The third-order valence-corrected chi connectivity index (χ3v) is 3.41. The molecule has 0 bridgehead atoms. The van der Waals surface area contributed by atoms with Gasteiger partial charge >= 0.3 is 12.4 Å². The average molecular weight is 382 g/mol. The summed E-state index contributed by atoms with van der Waals surface area (Å²) < 4.78 is 78.7. The summed E-state index contributed by atoms with van der Waals surface area (Å²) in [6.07, 6.45) is -10.4. The molecule has 3 aromatic rings. The van der Waals surface area contributed by atoms with Crippen molar-refractivity contribution in [1.82, 2.24) is 19.7 Å². The highest BCUT2D eigenvalue weighted by Gasteiger charge is 2.42. The van der Waals surface area contributed by atoms with Crippen molar-refractivity contribution in [3.05, 3.63) is 40.8 Å². The topological polar surface area (TPSA) is 69.6 Å². The minimum atomic E-state index is -5.18. The summed E-state index contributed by atoms with van der Waals surface area (Å²) >= 11 is 5.72. The fraction of sp³-hybridized carbons (Fsp3) is 0.154. The number of nitrogen functional groups attached to an aromatic ring is 1. The van der Waals surface area contributed by atoms with Crippen LogP contribution < -0.4 is 5.73 Å². The van der Waals surface area contributed by atoms with E-state index in [0.717, 1.165) is 4.68 Å². The number of hydrogen-bond donors (Lipinski definition) is 1. The van der Waals surface area contributed by atoms with Crippen LogP contribution in [0.15, 0.2) is 24.3 Å². The van der Waals surface area contributed by atoms with Crippen molar-refractivity contribution in [3.8, 4) is 5.69 Å². The van der Waals surface area contributed by atoms with Crippen molar-refractivity contribution >= 4 is 28.5 Å². The molecule has 0 aliphatic carbocycles. The lowest BCUT2D eigenvalue weighted by molar-refractivity contribution is -0.151. The summed E-state index contributed by atoms with van der Waals surface area (Å²) in [6.45, 7) is 0. The molecule has 0 atom stereocenters. The summed E-state index contributed by atoms with van der Waals surface area (Å²) in [6, 6.07) is 5.60. The van der Waals surface area contributed by atoms with Gasteiger partial charge in [-0.1, -0.05) is 11.6 Å². The van der Waals surface area contributed by atoms with Gasteiger partial charge in [-0.2, -0.15) is 26.3 Å². The Balaban J connectivity index is 2.34. The Morgan fingerprint density at radius 1 is 0.920 bits per heavy atom. The Hall–Kier alpha value is -2.56. The second kappa shape index (κ2) is 5.48. The van der Waals surface area contributed by atoms with Gasteiger partial charge in [-0.15, -0.1) is 5.10 Å². The molecule has 0 spiro atoms. The molecule has 2 aromatic heterocycles. The van der Waals surface area contributed by atoms with Crippen LogP contribution in [0.4, 0.5) is 32.2 Å². The van der Waals surface area contributed by atoms with Crippen LogP contribution in [0.1, 0.15) is 11.5 Å².